The Morgan fingerprint density at radius 2 is 1.82 bits per heavy atom. The number of benzene rings is 1. The molecule has 1 aromatic carbocycles. The lowest BCUT2D eigenvalue weighted by molar-refractivity contribution is -0.214. The lowest BCUT2D eigenvalue weighted by Crippen LogP contribution is -2.30. The smallest absolute Gasteiger partial charge is 0.368 e. The van der Waals surface area contributed by atoms with Gasteiger partial charge in [0.25, 0.3) is 0 Å². The van der Waals surface area contributed by atoms with Gasteiger partial charge in [-0.1, -0.05) is 46.3 Å². The zero-order chi connectivity index (χ0) is 12.9. The average molecular weight is 311 g/mol. The molecule has 0 fully saturated rings. The van der Waals surface area contributed by atoms with E-state index < -0.39 is 12.3 Å². The first kappa shape index (κ1) is 14.5. The summed E-state index contributed by atoms with van der Waals surface area (Å²) in [5.41, 5.74) is 0.971. The van der Waals surface area contributed by atoms with Gasteiger partial charge in [-0.2, -0.15) is 13.2 Å². The molecule has 0 saturated carbocycles. The molecule has 2 unspecified atom stereocenters. The molecule has 17 heavy (non-hydrogen) atoms. The first-order valence-corrected chi connectivity index (χ1v) is 6.36. The Labute approximate surface area is 107 Å². The molecule has 0 amide bonds. The van der Waals surface area contributed by atoms with Gasteiger partial charge in [0.15, 0.2) is 6.10 Å². The van der Waals surface area contributed by atoms with Crippen LogP contribution in [0.15, 0.2) is 30.3 Å². The van der Waals surface area contributed by atoms with Crippen molar-refractivity contribution in [1.29, 1.82) is 0 Å². The molecule has 1 nitrogen and oxygen atoms in total. The van der Waals surface area contributed by atoms with Gasteiger partial charge in [0, 0.05) is 11.2 Å². The average Bonchev–Trinajstić information content (AvgIpc) is 2.29. The molecule has 0 aromatic heterocycles. The fourth-order valence-corrected chi connectivity index (χ4v) is 1.87. The lowest BCUT2D eigenvalue weighted by atomic mass is 10.0. The van der Waals surface area contributed by atoms with Crippen LogP contribution in [0.4, 0.5) is 13.2 Å². The molecule has 0 aliphatic heterocycles. The van der Waals surface area contributed by atoms with Crippen LogP contribution in [0, 0.1) is 0 Å². The van der Waals surface area contributed by atoms with Crippen LogP contribution in [-0.2, 0) is 4.74 Å². The summed E-state index contributed by atoms with van der Waals surface area (Å²) in [7, 11) is 0. The van der Waals surface area contributed by atoms with Gasteiger partial charge in [0.05, 0.1) is 6.61 Å². The molecule has 0 aliphatic carbocycles. The molecular formula is C12H14BrF3O. The maximum atomic E-state index is 12.3. The van der Waals surface area contributed by atoms with Gasteiger partial charge in [-0.05, 0) is 12.5 Å². The molecule has 0 spiro atoms. The topological polar surface area (TPSA) is 9.23 Å². The molecule has 0 bridgehead atoms. The number of hydrogen-bond donors (Lipinski definition) is 0. The predicted octanol–water partition coefficient (Wildman–Crippen LogP) is 4.13. The van der Waals surface area contributed by atoms with E-state index in [0.29, 0.717) is 5.33 Å². The zero-order valence-corrected chi connectivity index (χ0v) is 11.0. The Kier molecular flexibility index (Phi) is 5.46. The summed E-state index contributed by atoms with van der Waals surface area (Å²) in [6.45, 7) is 1.08. The molecule has 2 atom stereocenters. The number of alkyl halides is 4. The van der Waals surface area contributed by atoms with E-state index in [1.165, 1.54) is 0 Å². The highest BCUT2D eigenvalue weighted by atomic mass is 79.9. The Balaban J connectivity index is 2.55. The summed E-state index contributed by atoms with van der Waals surface area (Å²) in [6.07, 6.45) is -6.03. The van der Waals surface area contributed by atoms with Gasteiger partial charge >= 0.3 is 6.18 Å². The second kappa shape index (κ2) is 6.40. The standard InChI is InChI=1S/C12H14BrF3O/c1-9(12(14,15)16)17-8-11(7-13)10-5-3-2-4-6-10/h2-6,9,11H,7-8H2,1H3. The van der Waals surface area contributed by atoms with Crippen LogP contribution < -0.4 is 0 Å². The third kappa shape index (κ3) is 4.68. The third-order valence-corrected chi connectivity index (χ3v) is 3.25. The first-order valence-electron chi connectivity index (χ1n) is 5.24. The van der Waals surface area contributed by atoms with Crippen LogP contribution in [0.2, 0.25) is 0 Å². The maximum Gasteiger partial charge on any atom is 0.414 e. The largest absolute Gasteiger partial charge is 0.414 e. The molecule has 0 aliphatic rings. The van der Waals surface area contributed by atoms with Crippen LogP contribution in [0.5, 0.6) is 0 Å². The minimum absolute atomic E-state index is 0.0515. The molecule has 1 rings (SSSR count). The number of halogens is 4. The van der Waals surface area contributed by atoms with Gasteiger partial charge in [-0.3, -0.25) is 0 Å². The molecule has 0 N–H and O–H groups in total. The fraction of sp³-hybridized carbons (Fsp3) is 0.500. The van der Waals surface area contributed by atoms with Crippen LogP contribution in [-0.4, -0.2) is 24.2 Å². The second-order valence-electron chi connectivity index (χ2n) is 3.78. The van der Waals surface area contributed by atoms with Crippen LogP contribution >= 0.6 is 15.9 Å². The second-order valence-corrected chi connectivity index (χ2v) is 4.43. The molecule has 1 aromatic rings. The van der Waals surface area contributed by atoms with Crippen molar-refractivity contribution in [3.8, 4) is 0 Å². The normalized spacial score (nSPS) is 15.6. The molecule has 0 heterocycles. The summed E-state index contributed by atoms with van der Waals surface area (Å²) in [4.78, 5) is 0. The quantitative estimate of drug-likeness (QED) is 0.743. The summed E-state index contributed by atoms with van der Waals surface area (Å²) in [6, 6.07) is 9.35. The Morgan fingerprint density at radius 1 is 1.24 bits per heavy atom. The van der Waals surface area contributed by atoms with Gasteiger partial charge < -0.3 is 4.74 Å². The number of rotatable bonds is 5. The Bertz CT molecular complexity index is 326. The highest BCUT2D eigenvalue weighted by Crippen LogP contribution is 2.25. The fourth-order valence-electron chi connectivity index (χ4n) is 1.31. The van der Waals surface area contributed by atoms with E-state index in [9.17, 15) is 13.2 Å². The minimum atomic E-state index is -4.30. The Hall–Kier alpha value is -0.550. The third-order valence-electron chi connectivity index (χ3n) is 2.47. The highest BCUT2D eigenvalue weighted by molar-refractivity contribution is 9.09. The van der Waals surface area contributed by atoms with E-state index in [-0.39, 0.29) is 12.5 Å². The van der Waals surface area contributed by atoms with Crippen molar-refractivity contribution in [2.45, 2.75) is 25.1 Å². The van der Waals surface area contributed by atoms with Crippen molar-refractivity contribution in [2.75, 3.05) is 11.9 Å². The zero-order valence-electron chi connectivity index (χ0n) is 9.38. The first-order chi connectivity index (χ1) is 7.95. The summed E-state index contributed by atoms with van der Waals surface area (Å²) >= 11 is 3.29. The van der Waals surface area contributed by atoms with Crippen molar-refractivity contribution in [1.82, 2.24) is 0 Å². The monoisotopic (exact) mass is 310 g/mol. The van der Waals surface area contributed by atoms with Crippen LogP contribution in [0.25, 0.3) is 0 Å². The predicted molar refractivity (Wildman–Crippen MR) is 64.4 cm³/mol. The summed E-state index contributed by atoms with van der Waals surface area (Å²) in [5.74, 6) is -0.0685. The maximum absolute atomic E-state index is 12.3. The molecule has 0 saturated heterocycles. The SMILES string of the molecule is CC(OCC(CBr)c1ccccc1)C(F)(F)F. The molecule has 96 valence electrons. The van der Waals surface area contributed by atoms with E-state index in [2.05, 4.69) is 15.9 Å². The van der Waals surface area contributed by atoms with Crippen molar-refractivity contribution in [2.24, 2.45) is 0 Å². The van der Waals surface area contributed by atoms with Crippen molar-refractivity contribution in [3.63, 3.8) is 0 Å². The lowest BCUT2D eigenvalue weighted by Gasteiger charge is -2.20. The van der Waals surface area contributed by atoms with E-state index in [0.717, 1.165) is 12.5 Å². The highest BCUT2D eigenvalue weighted by Gasteiger charge is 2.37. The number of hydrogen-bond acceptors (Lipinski definition) is 1. The van der Waals surface area contributed by atoms with E-state index in [4.69, 9.17) is 4.74 Å². The van der Waals surface area contributed by atoms with Gasteiger partial charge in [0.1, 0.15) is 0 Å². The number of ether oxygens (including phenoxy) is 1. The molecular weight excluding hydrogens is 297 g/mol. The van der Waals surface area contributed by atoms with Crippen LogP contribution in [0.1, 0.15) is 18.4 Å². The van der Waals surface area contributed by atoms with Gasteiger partial charge in [-0.25, -0.2) is 0 Å². The summed E-state index contributed by atoms with van der Waals surface area (Å²) < 4.78 is 41.7. The molecule has 5 heteroatoms. The Morgan fingerprint density at radius 3 is 2.29 bits per heavy atom. The minimum Gasteiger partial charge on any atom is -0.368 e. The van der Waals surface area contributed by atoms with Gasteiger partial charge in [0.2, 0.25) is 0 Å². The summed E-state index contributed by atoms with van der Waals surface area (Å²) in [5, 5.41) is 0.571. The van der Waals surface area contributed by atoms with E-state index in [1.54, 1.807) is 0 Å². The van der Waals surface area contributed by atoms with Crippen LogP contribution in [0.3, 0.4) is 0 Å². The van der Waals surface area contributed by atoms with E-state index >= 15 is 0 Å². The van der Waals surface area contributed by atoms with E-state index in [1.807, 2.05) is 30.3 Å². The van der Waals surface area contributed by atoms with Crippen molar-refractivity contribution in [3.05, 3.63) is 35.9 Å². The van der Waals surface area contributed by atoms with Gasteiger partial charge in [-0.15, -0.1) is 0 Å². The van der Waals surface area contributed by atoms with Crippen molar-refractivity contribution >= 4 is 15.9 Å². The molecule has 0 radical (unpaired) electrons. The van der Waals surface area contributed by atoms with Crippen molar-refractivity contribution < 1.29 is 17.9 Å².